The first-order valence-corrected chi connectivity index (χ1v) is 8.97. The van der Waals surface area contributed by atoms with Crippen molar-refractivity contribution < 1.29 is 9.53 Å². The van der Waals surface area contributed by atoms with Crippen LogP contribution in [0.1, 0.15) is 5.56 Å². The van der Waals surface area contributed by atoms with Gasteiger partial charge >= 0.3 is 12.0 Å². The molecule has 0 spiro atoms. The quantitative estimate of drug-likeness (QED) is 0.382. The smallest absolute Gasteiger partial charge is 0.321 e. The lowest BCUT2D eigenvalue weighted by Gasteiger charge is -2.06. The van der Waals surface area contributed by atoms with Crippen LogP contribution in [0.3, 0.4) is 0 Å². The molecule has 2 amide bonds. The van der Waals surface area contributed by atoms with Crippen LogP contribution in [0.25, 0.3) is 11.0 Å². The number of imidazole rings is 1. The predicted molar refractivity (Wildman–Crippen MR) is 110 cm³/mol. The van der Waals surface area contributed by atoms with Gasteiger partial charge in [0.05, 0.1) is 28.4 Å². The predicted octanol–water partition coefficient (Wildman–Crippen LogP) is 3.90. The number of carbonyl (C=O) groups is 1. The average molecular weight is 410 g/mol. The fourth-order valence-corrected chi connectivity index (χ4v) is 2.73. The van der Waals surface area contributed by atoms with E-state index in [0.717, 1.165) is 16.6 Å². The first kappa shape index (κ1) is 18.5. The second-order valence-electron chi connectivity index (χ2n) is 6.09. The van der Waals surface area contributed by atoms with Crippen molar-refractivity contribution in [1.82, 2.24) is 19.9 Å². The fourth-order valence-electron chi connectivity index (χ4n) is 2.63. The number of benzene rings is 2. The number of aromatic amines is 1. The van der Waals surface area contributed by atoms with Gasteiger partial charge in [-0.2, -0.15) is 0 Å². The molecule has 10 heteroatoms. The molecule has 2 aromatic carbocycles. The first-order chi connectivity index (χ1) is 14.0. The molecular formula is C19H16ClN7O2. The monoisotopic (exact) mass is 409 g/mol. The number of anilines is 2. The SMILES string of the molecule is NC(=O)Nc1ccc2nc(NCc3ccc(Oc4ncc(Cl)cn4)cc3)[nH]c2c1. The highest BCUT2D eigenvalue weighted by Gasteiger charge is 2.05. The number of halogens is 1. The second kappa shape index (κ2) is 8.03. The lowest BCUT2D eigenvalue weighted by molar-refractivity contribution is 0.259. The number of nitrogens with two attached hydrogens (primary N) is 1. The van der Waals surface area contributed by atoms with Gasteiger partial charge in [-0.15, -0.1) is 0 Å². The molecule has 0 fully saturated rings. The Hall–Kier alpha value is -3.85. The van der Waals surface area contributed by atoms with Crippen LogP contribution in [0, 0.1) is 0 Å². The van der Waals surface area contributed by atoms with E-state index in [2.05, 4.69) is 30.6 Å². The third-order valence-electron chi connectivity index (χ3n) is 3.94. The molecule has 0 bridgehead atoms. The molecule has 9 nitrogen and oxygen atoms in total. The Morgan fingerprint density at radius 1 is 1.14 bits per heavy atom. The third-order valence-corrected chi connectivity index (χ3v) is 4.13. The van der Waals surface area contributed by atoms with E-state index in [1.54, 1.807) is 18.2 Å². The van der Waals surface area contributed by atoms with Crippen molar-refractivity contribution in [1.29, 1.82) is 0 Å². The molecule has 0 unspecified atom stereocenters. The van der Waals surface area contributed by atoms with Crippen molar-refractivity contribution in [3.8, 4) is 11.8 Å². The molecule has 29 heavy (non-hydrogen) atoms. The van der Waals surface area contributed by atoms with Gasteiger partial charge < -0.3 is 26.1 Å². The number of hydrogen-bond donors (Lipinski definition) is 4. The number of carbonyl (C=O) groups excluding carboxylic acids is 1. The molecule has 146 valence electrons. The Bertz CT molecular complexity index is 1140. The standard InChI is InChI=1S/C19H16ClN7O2/c20-12-9-23-19(24-10-12)29-14-4-1-11(2-5-14)8-22-18-26-15-6-3-13(25-17(21)28)7-16(15)27-18/h1-7,9-10H,8H2,(H3,21,25,28)(H2,22,26,27). The molecule has 0 atom stereocenters. The molecule has 2 heterocycles. The summed E-state index contributed by atoms with van der Waals surface area (Å²) in [6.45, 7) is 0.559. The summed E-state index contributed by atoms with van der Waals surface area (Å²) in [4.78, 5) is 26.6. The maximum absolute atomic E-state index is 11.0. The summed E-state index contributed by atoms with van der Waals surface area (Å²) in [5, 5.41) is 6.21. The molecule has 0 aliphatic carbocycles. The highest BCUT2D eigenvalue weighted by Crippen LogP contribution is 2.21. The number of rotatable bonds is 6. The molecule has 0 saturated heterocycles. The van der Waals surface area contributed by atoms with E-state index in [9.17, 15) is 4.79 Å². The van der Waals surface area contributed by atoms with E-state index in [4.69, 9.17) is 22.1 Å². The maximum Gasteiger partial charge on any atom is 0.321 e. The van der Waals surface area contributed by atoms with E-state index in [0.29, 0.717) is 29.0 Å². The topological polar surface area (TPSA) is 131 Å². The highest BCUT2D eigenvalue weighted by molar-refractivity contribution is 6.30. The van der Waals surface area contributed by atoms with Crippen molar-refractivity contribution in [2.24, 2.45) is 5.73 Å². The van der Waals surface area contributed by atoms with Gasteiger partial charge in [-0.05, 0) is 35.9 Å². The zero-order chi connectivity index (χ0) is 20.2. The van der Waals surface area contributed by atoms with Crippen LogP contribution in [-0.2, 0) is 6.54 Å². The summed E-state index contributed by atoms with van der Waals surface area (Å²) in [7, 11) is 0. The molecule has 0 radical (unpaired) electrons. The Kier molecular flexibility index (Phi) is 5.12. The van der Waals surface area contributed by atoms with Crippen molar-refractivity contribution >= 4 is 40.3 Å². The zero-order valence-electron chi connectivity index (χ0n) is 15.0. The van der Waals surface area contributed by atoms with E-state index in [-0.39, 0.29) is 6.01 Å². The number of H-pyrrole nitrogens is 1. The van der Waals surface area contributed by atoms with Crippen LogP contribution in [0.15, 0.2) is 54.9 Å². The molecule has 2 aromatic heterocycles. The summed E-state index contributed by atoms with van der Waals surface area (Å²) in [6.07, 6.45) is 2.95. The van der Waals surface area contributed by atoms with Gasteiger partial charge in [0.15, 0.2) is 0 Å². The zero-order valence-corrected chi connectivity index (χ0v) is 15.8. The van der Waals surface area contributed by atoms with Crippen LogP contribution >= 0.6 is 11.6 Å². The summed E-state index contributed by atoms with van der Waals surface area (Å²) in [5.74, 6) is 1.24. The van der Waals surface area contributed by atoms with Crippen LogP contribution in [-0.4, -0.2) is 26.0 Å². The van der Waals surface area contributed by atoms with Crippen LogP contribution in [0.5, 0.6) is 11.8 Å². The van der Waals surface area contributed by atoms with Crippen LogP contribution in [0.4, 0.5) is 16.4 Å². The fraction of sp³-hybridized carbons (Fsp3) is 0.0526. The number of aromatic nitrogens is 4. The molecular weight excluding hydrogens is 394 g/mol. The number of fused-ring (bicyclic) bond motifs is 1. The molecule has 5 N–H and O–H groups in total. The van der Waals surface area contributed by atoms with Gasteiger partial charge in [-0.25, -0.2) is 19.7 Å². The lowest BCUT2D eigenvalue weighted by Crippen LogP contribution is -2.19. The van der Waals surface area contributed by atoms with E-state index < -0.39 is 6.03 Å². The normalized spacial score (nSPS) is 10.7. The number of primary amides is 1. The molecule has 0 aliphatic heterocycles. The summed E-state index contributed by atoms with van der Waals surface area (Å²) >= 11 is 5.76. The van der Waals surface area contributed by atoms with Crippen LogP contribution < -0.4 is 21.1 Å². The highest BCUT2D eigenvalue weighted by atomic mass is 35.5. The minimum absolute atomic E-state index is 0.229. The largest absolute Gasteiger partial charge is 0.424 e. The van der Waals surface area contributed by atoms with Gasteiger partial charge in [0.1, 0.15) is 5.75 Å². The second-order valence-corrected chi connectivity index (χ2v) is 6.53. The van der Waals surface area contributed by atoms with Gasteiger partial charge in [-0.3, -0.25) is 0 Å². The third kappa shape index (κ3) is 4.71. The average Bonchev–Trinajstić information content (AvgIpc) is 3.11. The first-order valence-electron chi connectivity index (χ1n) is 8.59. The van der Waals surface area contributed by atoms with Crippen molar-refractivity contribution in [2.45, 2.75) is 6.54 Å². The molecule has 4 aromatic rings. The summed E-state index contributed by atoms with van der Waals surface area (Å²) < 4.78 is 5.57. The number of nitrogens with zero attached hydrogens (tertiary/aromatic N) is 3. The number of nitrogens with one attached hydrogen (secondary N) is 3. The molecule has 4 rings (SSSR count). The minimum atomic E-state index is -0.614. The number of hydrogen-bond acceptors (Lipinski definition) is 6. The van der Waals surface area contributed by atoms with Gasteiger partial charge in [0.25, 0.3) is 0 Å². The minimum Gasteiger partial charge on any atom is -0.424 e. The Labute approximate surface area is 170 Å². The van der Waals surface area contributed by atoms with Crippen molar-refractivity contribution in [3.05, 3.63) is 65.4 Å². The van der Waals surface area contributed by atoms with Gasteiger partial charge in [0, 0.05) is 12.2 Å². The van der Waals surface area contributed by atoms with E-state index in [1.807, 2.05) is 24.3 Å². The summed E-state index contributed by atoms with van der Waals surface area (Å²) in [6, 6.07) is 12.4. The van der Waals surface area contributed by atoms with E-state index >= 15 is 0 Å². The Balaban J connectivity index is 1.38. The maximum atomic E-state index is 11.0. The number of amides is 2. The van der Waals surface area contributed by atoms with Crippen molar-refractivity contribution in [2.75, 3.05) is 10.6 Å². The number of urea groups is 1. The lowest BCUT2D eigenvalue weighted by atomic mass is 10.2. The van der Waals surface area contributed by atoms with Gasteiger partial charge in [-0.1, -0.05) is 23.7 Å². The van der Waals surface area contributed by atoms with Crippen LogP contribution in [0.2, 0.25) is 5.02 Å². The Morgan fingerprint density at radius 2 is 1.90 bits per heavy atom. The number of ether oxygens (including phenoxy) is 1. The summed E-state index contributed by atoms with van der Waals surface area (Å²) in [5.41, 5.74) is 8.32. The van der Waals surface area contributed by atoms with E-state index in [1.165, 1.54) is 12.4 Å². The van der Waals surface area contributed by atoms with Gasteiger partial charge in [0.2, 0.25) is 5.95 Å². The Morgan fingerprint density at radius 3 is 2.62 bits per heavy atom. The molecule has 0 saturated carbocycles. The van der Waals surface area contributed by atoms with Crippen molar-refractivity contribution in [3.63, 3.8) is 0 Å². The molecule has 0 aliphatic rings.